The van der Waals surface area contributed by atoms with Gasteiger partial charge in [-0.05, 0) is 48.4 Å². The van der Waals surface area contributed by atoms with Gasteiger partial charge in [0.15, 0.2) is 9.84 Å². The normalized spacial score (nSPS) is 25.3. The van der Waals surface area contributed by atoms with E-state index in [0.717, 1.165) is 41.3 Å². The van der Waals surface area contributed by atoms with Gasteiger partial charge in [0.05, 0.1) is 16.0 Å². The van der Waals surface area contributed by atoms with Gasteiger partial charge in [0.25, 0.3) is 0 Å². The van der Waals surface area contributed by atoms with Crippen molar-refractivity contribution in [2.24, 2.45) is 5.92 Å². The van der Waals surface area contributed by atoms with Gasteiger partial charge in [0, 0.05) is 31.1 Å². The SMILES string of the molecule is O=C1CC2(CCCCC2Cc2ccccc2)S(=O)(=O)CCN1Cc1cnc2ccccc2c1. The summed E-state index contributed by atoms with van der Waals surface area (Å²) in [7, 11) is -3.42. The zero-order valence-electron chi connectivity index (χ0n) is 18.8. The molecule has 0 bridgehead atoms. The number of hydrogen-bond donors (Lipinski definition) is 0. The van der Waals surface area contributed by atoms with Gasteiger partial charge in [-0.1, -0.05) is 61.4 Å². The minimum absolute atomic E-state index is 0.0233. The lowest BCUT2D eigenvalue weighted by molar-refractivity contribution is -0.132. The summed E-state index contributed by atoms with van der Waals surface area (Å²) >= 11 is 0. The first-order chi connectivity index (χ1) is 16.0. The second-order valence-corrected chi connectivity index (χ2v) is 12.0. The average Bonchev–Trinajstić information content (AvgIpc) is 2.91. The molecular formula is C27H30N2O3S. The second kappa shape index (κ2) is 8.90. The average molecular weight is 463 g/mol. The molecule has 33 heavy (non-hydrogen) atoms. The van der Waals surface area contributed by atoms with Crippen molar-refractivity contribution in [3.63, 3.8) is 0 Å². The van der Waals surface area contributed by atoms with E-state index in [2.05, 4.69) is 17.1 Å². The first kappa shape index (κ1) is 22.1. The van der Waals surface area contributed by atoms with Gasteiger partial charge in [0.2, 0.25) is 5.91 Å². The molecule has 0 N–H and O–H groups in total. The van der Waals surface area contributed by atoms with Crippen LogP contribution in [0.4, 0.5) is 0 Å². The zero-order chi connectivity index (χ0) is 22.9. The molecule has 2 unspecified atom stereocenters. The van der Waals surface area contributed by atoms with Crippen molar-refractivity contribution < 1.29 is 13.2 Å². The van der Waals surface area contributed by atoms with Crippen LogP contribution in [0.15, 0.2) is 66.9 Å². The molecule has 1 aliphatic carbocycles. The number of benzene rings is 2. The van der Waals surface area contributed by atoms with Crippen molar-refractivity contribution in [3.05, 3.63) is 78.0 Å². The lowest BCUT2D eigenvalue weighted by Crippen LogP contribution is -2.50. The number of rotatable bonds is 4. The third-order valence-corrected chi connectivity index (χ3v) is 10.2. The largest absolute Gasteiger partial charge is 0.337 e. The highest BCUT2D eigenvalue weighted by molar-refractivity contribution is 7.92. The standard InChI is InChI=1S/C27H30N2O3S/c30-26-18-27(13-7-6-11-24(27)17-21-8-2-1-3-9-21)33(31,32)15-14-29(26)20-22-16-23-10-4-5-12-25(23)28-19-22/h1-5,8-10,12,16,19,24H,6-7,11,13-15,17-18,20H2. The minimum Gasteiger partial charge on any atom is -0.337 e. The number of hydrogen-bond acceptors (Lipinski definition) is 4. The fraction of sp³-hybridized carbons (Fsp3) is 0.407. The molecule has 1 saturated carbocycles. The lowest BCUT2D eigenvalue weighted by atomic mass is 9.73. The van der Waals surface area contributed by atoms with E-state index in [-0.39, 0.29) is 30.5 Å². The predicted molar refractivity (Wildman–Crippen MR) is 130 cm³/mol. The maximum atomic E-state index is 13.7. The fourth-order valence-corrected chi connectivity index (χ4v) is 8.11. The van der Waals surface area contributed by atoms with E-state index >= 15 is 0 Å². The Morgan fingerprint density at radius 2 is 1.79 bits per heavy atom. The summed E-state index contributed by atoms with van der Waals surface area (Å²) in [4.78, 5) is 19.7. The molecule has 2 aliphatic rings. The molecule has 3 aromatic rings. The van der Waals surface area contributed by atoms with E-state index in [4.69, 9.17) is 0 Å². The Morgan fingerprint density at radius 3 is 2.64 bits per heavy atom. The number of nitrogens with zero attached hydrogens (tertiary/aromatic N) is 2. The monoisotopic (exact) mass is 462 g/mol. The number of carbonyl (C=O) groups excluding carboxylic acids is 1. The topological polar surface area (TPSA) is 67.3 Å². The molecule has 0 radical (unpaired) electrons. The number of amides is 1. The van der Waals surface area contributed by atoms with Crippen LogP contribution >= 0.6 is 0 Å². The van der Waals surface area contributed by atoms with Crippen molar-refractivity contribution in [1.82, 2.24) is 9.88 Å². The number of pyridine rings is 1. The molecule has 1 aliphatic heterocycles. The van der Waals surface area contributed by atoms with Gasteiger partial charge < -0.3 is 4.90 Å². The van der Waals surface area contributed by atoms with Crippen LogP contribution in [0, 0.1) is 5.92 Å². The minimum atomic E-state index is -3.42. The maximum absolute atomic E-state index is 13.7. The van der Waals surface area contributed by atoms with Crippen LogP contribution in [0.2, 0.25) is 0 Å². The summed E-state index contributed by atoms with van der Waals surface area (Å²) in [5, 5.41) is 1.02. The van der Waals surface area contributed by atoms with Crippen molar-refractivity contribution in [3.8, 4) is 0 Å². The van der Waals surface area contributed by atoms with Gasteiger partial charge in [0.1, 0.15) is 0 Å². The summed E-state index contributed by atoms with van der Waals surface area (Å²) in [6.45, 7) is 0.638. The Kier molecular flexibility index (Phi) is 5.95. The van der Waals surface area contributed by atoms with Crippen LogP contribution < -0.4 is 0 Å². The molecule has 1 amide bonds. The third-order valence-electron chi connectivity index (χ3n) is 7.54. The quantitative estimate of drug-likeness (QED) is 0.570. The molecular weight excluding hydrogens is 432 g/mol. The zero-order valence-corrected chi connectivity index (χ0v) is 19.6. The van der Waals surface area contributed by atoms with E-state index in [1.807, 2.05) is 48.5 Å². The molecule has 2 fully saturated rings. The summed E-state index contributed by atoms with van der Waals surface area (Å²) in [6.07, 6.45) is 5.93. The summed E-state index contributed by atoms with van der Waals surface area (Å²) in [6, 6.07) is 20.0. The van der Waals surface area contributed by atoms with Crippen LogP contribution in [-0.4, -0.2) is 41.3 Å². The highest BCUT2D eigenvalue weighted by atomic mass is 32.2. The van der Waals surface area contributed by atoms with Crippen molar-refractivity contribution in [2.75, 3.05) is 12.3 Å². The molecule has 2 aromatic carbocycles. The molecule has 6 heteroatoms. The van der Waals surface area contributed by atoms with Crippen molar-refractivity contribution in [2.45, 2.75) is 49.8 Å². The predicted octanol–water partition coefficient (Wildman–Crippen LogP) is 4.55. The van der Waals surface area contributed by atoms with E-state index in [9.17, 15) is 13.2 Å². The van der Waals surface area contributed by atoms with E-state index in [0.29, 0.717) is 19.4 Å². The van der Waals surface area contributed by atoms with Crippen molar-refractivity contribution >= 4 is 26.6 Å². The number of sulfone groups is 1. The fourth-order valence-electron chi connectivity index (χ4n) is 5.74. The van der Waals surface area contributed by atoms with E-state index in [1.165, 1.54) is 0 Å². The van der Waals surface area contributed by atoms with Crippen LogP contribution in [0.1, 0.15) is 43.2 Å². The third kappa shape index (κ3) is 4.29. The highest BCUT2D eigenvalue weighted by Gasteiger charge is 2.53. The molecule has 1 spiro atoms. The Morgan fingerprint density at radius 1 is 1.00 bits per heavy atom. The summed E-state index contributed by atoms with van der Waals surface area (Å²) in [5.41, 5.74) is 2.99. The Labute approximate surface area is 195 Å². The first-order valence-electron chi connectivity index (χ1n) is 11.8. The number of aromatic nitrogens is 1. The number of para-hydroxylation sites is 1. The summed E-state index contributed by atoms with van der Waals surface area (Å²) in [5.74, 6) is -0.0421. The van der Waals surface area contributed by atoms with E-state index < -0.39 is 14.6 Å². The Hall–Kier alpha value is -2.73. The number of fused-ring (bicyclic) bond motifs is 1. The van der Waals surface area contributed by atoms with Gasteiger partial charge >= 0.3 is 0 Å². The Balaban J connectivity index is 1.42. The molecule has 1 aromatic heterocycles. The smallest absolute Gasteiger partial charge is 0.224 e. The van der Waals surface area contributed by atoms with Crippen LogP contribution in [-0.2, 0) is 27.6 Å². The van der Waals surface area contributed by atoms with Crippen LogP contribution in [0.5, 0.6) is 0 Å². The molecule has 1 saturated heterocycles. The van der Waals surface area contributed by atoms with Gasteiger partial charge in [-0.25, -0.2) is 8.42 Å². The number of carbonyl (C=O) groups is 1. The van der Waals surface area contributed by atoms with E-state index in [1.54, 1.807) is 11.1 Å². The second-order valence-electron chi connectivity index (χ2n) is 9.54. The summed E-state index contributed by atoms with van der Waals surface area (Å²) < 4.78 is 26.5. The Bertz CT molecular complexity index is 1260. The maximum Gasteiger partial charge on any atom is 0.224 e. The van der Waals surface area contributed by atoms with Crippen molar-refractivity contribution in [1.29, 1.82) is 0 Å². The van der Waals surface area contributed by atoms with Crippen LogP contribution in [0.25, 0.3) is 10.9 Å². The first-order valence-corrected chi connectivity index (χ1v) is 13.5. The van der Waals surface area contributed by atoms with Gasteiger partial charge in [-0.3, -0.25) is 9.78 Å². The molecule has 5 nitrogen and oxygen atoms in total. The molecule has 5 rings (SSSR count). The lowest BCUT2D eigenvalue weighted by Gasteiger charge is -2.42. The van der Waals surface area contributed by atoms with Gasteiger partial charge in [-0.15, -0.1) is 0 Å². The van der Waals surface area contributed by atoms with Crippen LogP contribution in [0.3, 0.4) is 0 Å². The van der Waals surface area contributed by atoms with Gasteiger partial charge in [-0.2, -0.15) is 0 Å². The molecule has 2 atom stereocenters. The molecule has 2 heterocycles. The highest BCUT2D eigenvalue weighted by Crippen LogP contribution is 2.46. The molecule has 172 valence electrons.